The number of aromatic amines is 1. The molecule has 2 saturated heterocycles. The minimum atomic E-state index is -0.268. The number of carbonyl (C=O) groups is 1. The highest BCUT2D eigenvalue weighted by molar-refractivity contribution is 5.94. The van der Waals surface area contributed by atoms with E-state index in [-0.39, 0.29) is 29.1 Å². The van der Waals surface area contributed by atoms with Gasteiger partial charge in [0, 0.05) is 17.8 Å². The van der Waals surface area contributed by atoms with Crippen LogP contribution in [0.5, 0.6) is 0 Å². The second kappa shape index (κ2) is 6.51. The second-order valence-electron chi connectivity index (χ2n) is 7.51. The molecule has 2 aromatic rings. The fourth-order valence-electron chi connectivity index (χ4n) is 4.62. The Labute approximate surface area is 147 Å². The Kier molecular flexibility index (Phi) is 4.20. The minimum absolute atomic E-state index is 0.0908. The van der Waals surface area contributed by atoms with Crippen LogP contribution in [0.2, 0.25) is 0 Å². The zero-order valence-electron chi connectivity index (χ0n) is 14.6. The lowest BCUT2D eigenvalue weighted by Crippen LogP contribution is -2.48. The number of nitrogens with one attached hydrogen (secondary N) is 1. The van der Waals surface area contributed by atoms with Gasteiger partial charge in [0.1, 0.15) is 5.56 Å². The summed E-state index contributed by atoms with van der Waals surface area (Å²) >= 11 is 0. The summed E-state index contributed by atoms with van der Waals surface area (Å²) in [5, 5.41) is 0. The van der Waals surface area contributed by atoms with Crippen molar-refractivity contribution < 1.29 is 4.79 Å². The Morgan fingerprint density at radius 1 is 1.08 bits per heavy atom. The molecule has 2 atom stereocenters. The van der Waals surface area contributed by atoms with E-state index in [9.17, 15) is 9.59 Å². The lowest BCUT2D eigenvalue weighted by Gasteiger charge is -2.39. The highest BCUT2D eigenvalue weighted by atomic mass is 16.2. The van der Waals surface area contributed by atoms with E-state index >= 15 is 0 Å². The van der Waals surface area contributed by atoms with Crippen molar-refractivity contribution in [2.45, 2.75) is 51.1 Å². The molecular weight excluding hydrogens is 312 g/mol. The van der Waals surface area contributed by atoms with Gasteiger partial charge in [-0.3, -0.25) is 9.59 Å². The number of piperidine rings is 1. The van der Waals surface area contributed by atoms with Gasteiger partial charge in [-0.15, -0.1) is 0 Å². The second-order valence-corrected chi connectivity index (χ2v) is 7.51. The zero-order chi connectivity index (χ0) is 17.4. The Hall–Kier alpha value is -2.36. The van der Waals surface area contributed by atoms with Crippen molar-refractivity contribution in [3.63, 3.8) is 0 Å². The van der Waals surface area contributed by atoms with Crippen molar-refractivity contribution in [1.29, 1.82) is 0 Å². The molecule has 25 heavy (non-hydrogen) atoms. The molecule has 0 spiro atoms. The van der Waals surface area contributed by atoms with Crippen molar-refractivity contribution in [2.75, 3.05) is 0 Å². The third-order valence-corrected chi connectivity index (χ3v) is 5.72. The topological polar surface area (TPSA) is 53.2 Å². The normalized spacial score (nSPS) is 25.2. The predicted molar refractivity (Wildman–Crippen MR) is 97.6 cm³/mol. The van der Waals surface area contributed by atoms with Crippen LogP contribution in [0.15, 0.2) is 47.3 Å². The first kappa shape index (κ1) is 16.1. The molecule has 2 aliphatic heterocycles. The van der Waals surface area contributed by atoms with Crippen LogP contribution < -0.4 is 5.56 Å². The molecule has 2 unspecified atom stereocenters. The molecule has 2 fully saturated rings. The number of benzene rings is 1. The van der Waals surface area contributed by atoms with Crippen LogP contribution in [0.3, 0.4) is 0 Å². The summed E-state index contributed by atoms with van der Waals surface area (Å²) in [6.45, 7) is 1.83. The smallest absolute Gasteiger partial charge is 0.260 e. The van der Waals surface area contributed by atoms with Gasteiger partial charge >= 0.3 is 0 Å². The van der Waals surface area contributed by atoms with Crippen molar-refractivity contribution in [3.8, 4) is 0 Å². The minimum Gasteiger partial charge on any atom is -0.332 e. The fourth-order valence-corrected chi connectivity index (χ4v) is 4.62. The molecule has 130 valence electrons. The fraction of sp³-hybridized carbons (Fsp3) is 0.429. The standard InChI is InChI=1S/C21H24N2O2/c1-14-7-10-19(20(24)22-14)21(25)23-17-8-9-18(23)13-16(12-17)11-15-5-3-2-4-6-15/h2-7,10,16-18H,8-9,11-13H2,1H3,(H,22,24). The summed E-state index contributed by atoms with van der Waals surface area (Å²) in [5.74, 6) is 0.534. The first-order chi connectivity index (χ1) is 12.1. The number of aromatic nitrogens is 1. The number of fused-ring (bicyclic) bond motifs is 2. The number of aryl methyl sites for hydroxylation is 1. The lowest BCUT2D eigenvalue weighted by molar-refractivity contribution is 0.0522. The summed E-state index contributed by atoms with van der Waals surface area (Å²) in [5.41, 5.74) is 2.17. The lowest BCUT2D eigenvalue weighted by atomic mass is 9.85. The van der Waals surface area contributed by atoms with Gasteiger partial charge in [0.25, 0.3) is 11.5 Å². The number of carbonyl (C=O) groups excluding carboxylic acids is 1. The first-order valence-corrected chi connectivity index (χ1v) is 9.18. The van der Waals surface area contributed by atoms with Gasteiger partial charge in [0.2, 0.25) is 0 Å². The predicted octanol–water partition coefficient (Wildman–Crippen LogP) is 3.31. The third-order valence-electron chi connectivity index (χ3n) is 5.72. The Morgan fingerprint density at radius 2 is 1.76 bits per heavy atom. The molecule has 1 aromatic carbocycles. The van der Waals surface area contributed by atoms with E-state index < -0.39 is 0 Å². The van der Waals surface area contributed by atoms with E-state index in [1.54, 1.807) is 12.1 Å². The molecule has 1 N–H and O–H groups in total. The number of amides is 1. The van der Waals surface area contributed by atoms with Gasteiger partial charge in [-0.1, -0.05) is 30.3 Å². The van der Waals surface area contributed by atoms with E-state index in [0.29, 0.717) is 5.92 Å². The number of hydrogen-bond donors (Lipinski definition) is 1. The van der Waals surface area contributed by atoms with Gasteiger partial charge in [-0.05, 0) is 62.6 Å². The summed E-state index contributed by atoms with van der Waals surface area (Å²) < 4.78 is 0. The largest absolute Gasteiger partial charge is 0.332 e. The molecule has 1 amide bonds. The van der Waals surface area contributed by atoms with Crippen LogP contribution in [-0.2, 0) is 6.42 Å². The molecule has 3 heterocycles. The maximum Gasteiger partial charge on any atom is 0.260 e. The number of pyridine rings is 1. The van der Waals surface area contributed by atoms with Gasteiger partial charge < -0.3 is 9.88 Å². The van der Waals surface area contributed by atoms with Gasteiger partial charge in [-0.25, -0.2) is 0 Å². The van der Waals surface area contributed by atoms with E-state index in [2.05, 4.69) is 29.2 Å². The van der Waals surface area contributed by atoms with Crippen LogP contribution in [0.4, 0.5) is 0 Å². The molecule has 4 heteroatoms. The van der Waals surface area contributed by atoms with E-state index in [4.69, 9.17) is 0 Å². The number of hydrogen-bond acceptors (Lipinski definition) is 2. The molecule has 2 bridgehead atoms. The van der Waals surface area contributed by atoms with Crippen molar-refractivity contribution >= 4 is 5.91 Å². The monoisotopic (exact) mass is 336 g/mol. The molecule has 4 nitrogen and oxygen atoms in total. The molecule has 0 saturated carbocycles. The van der Waals surface area contributed by atoms with Crippen LogP contribution >= 0.6 is 0 Å². The highest BCUT2D eigenvalue weighted by Gasteiger charge is 2.43. The summed E-state index contributed by atoms with van der Waals surface area (Å²) in [6, 6.07) is 14.6. The van der Waals surface area contributed by atoms with Crippen molar-refractivity contribution in [1.82, 2.24) is 9.88 Å². The SMILES string of the molecule is Cc1ccc(C(=O)N2C3CCC2CC(Cc2ccccc2)C3)c(=O)[nH]1. The van der Waals surface area contributed by atoms with Gasteiger partial charge in [-0.2, -0.15) is 0 Å². The Balaban J connectivity index is 1.50. The van der Waals surface area contributed by atoms with Crippen LogP contribution in [-0.4, -0.2) is 27.9 Å². The van der Waals surface area contributed by atoms with Crippen LogP contribution in [0.25, 0.3) is 0 Å². The number of nitrogens with zero attached hydrogens (tertiary/aromatic N) is 1. The quantitative estimate of drug-likeness (QED) is 0.935. The Morgan fingerprint density at radius 3 is 2.40 bits per heavy atom. The maximum absolute atomic E-state index is 13.0. The van der Waals surface area contributed by atoms with Crippen molar-refractivity contribution in [3.05, 3.63) is 69.6 Å². The Bertz CT molecular complexity index is 813. The molecule has 0 radical (unpaired) electrons. The van der Waals surface area contributed by atoms with Gasteiger partial charge in [0.15, 0.2) is 0 Å². The summed E-state index contributed by atoms with van der Waals surface area (Å²) in [7, 11) is 0. The average Bonchev–Trinajstić information content (AvgIpc) is 2.86. The van der Waals surface area contributed by atoms with Gasteiger partial charge in [0.05, 0.1) is 0 Å². The summed E-state index contributed by atoms with van der Waals surface area (Å²) in [6.07, 6.45) is 5.29. The molecule has 4 rings (SSSR count). The third kappa shape index (κ3) is 3.13. The average molecular weight is 336 g/mol. The van der Waals surface area contributed by atoms with Crippen molar-refractivity contribution in [2.24, 2.45) is 5.92 Å². The first-order valence-electron chi connectivity index (χ1n) is 9.18. The van der Waals surface area contributed by atoms with E-state index in [1.165, 1.54) is 5.56 Å². The van der Waals surface area contributed by atoms with E-state index in [0.717, 1.165) is 37.8 Å². The van der Waals surface area contributed by atoms with E-state index in [1.807, 2.05) is 17.9 Å². The highest BCUT2D eigenvalue weighted by Crippen LogP contribution is 2.40. The summed E-state index contributed by atoms with van der Waals surface area (Å²) in [4.78, 5) is 29.9. The maximum atomic E-state index is 13.0. The van der Waals surface area contributed by atoms with Crippen LogP contribution in [0.1, 0.15) is 47.3 Å². The molecule has 0 aliphatic carbocycles. The zero-order valence-corrected chi connectivity index (χ0v) is 14.6. The molecular formula is C21H24N2O2. The molecule has 2 aliphatic rings. The molecule has 1 aromatic heterocycles. The van der Waals surface area contributed by atoms with Crippen LogP contribution in [0, 0.1) is 12.8 Å². The number of rotatable bonds is 3. The number of H-pyrrole nitrogens is 1.